The molecule has 2 aromatic carbocycles. The predicted octanol–water partition coefficient (Wildman–Crippen LogP) is 5.14. The highest BCUT2D eigenvalue weighted by Crippen LogP contribution is 2.83. The molecule has 3 saturated carbocycles. The van der Waals surface area contributed by atoms with E-state index < -0.39 is 11.8 Å². The summed E-state index contributed by atoms with van der Waals surface area (Å²) >= 11 is 0. The van der Waals surface area contributed by atoms with Gasteiger partial charge in [0.15, 0.2) is 0 Å². The molecule has 1 heterocycles. The zero-order chi connectivity index (χ0) is 24.9. The molecule has 0 radical (unpaired) electrons. The van der Waals surface area contributed by atoms with Crippen LogP contribution in [0.1, 0.15) is 53.7 Å². The SMILES string of the molecule is Cc1ccc(NC(=O)c2ccc(CN3C(=O)C4C(C3=O)C3[C@H](C)C35CCC45)cc2)cc1C(C)(F)F. The highest BCUT2D eigenvalue weighted by atomic mass is 19.3. The second kappa shape index (κ2) is 7.21. The average molecular weight is 479 g/mol. The number of nitrogens with zero attached hydrogens (tertiary/aromatic N) is 1. The summed E-state index contributed by atoms with van der Waals surface area (Å²) in [4.78, 5) is 40.4. The minimum Gasteiger partial charge on any atom is -0.322 e. The topological polar surface area (TPSA) is 66.5 Å². The molecule has 3 amide bonds. The molecule has 1 N–H and O–H groups in total. The fourth-order valence-corrected chi connectivity index (χ4v) is 7.53. The van der Waals surface area contributed by atoms with Gasteiger partial charge in [-0.3, -0.25) is 19.3 Å². The Kier molecular flexibility index (Phi) is 4.61. The first-order valence-corrected chi connectivity index (χ1v) is 12.3. The molecule has 6 atom stereocenters. The lowest BCUT2D eigenvalue weighted by molar-refractivity contribution is -0.142. The van der Waals surface area contributed by atoms with E-state index in [0.29, 0.717) is 34.6 Å². The van der Waals surface area contributed by atoms with Gasteiger partial charge in [0.1, 0.15) is 0 Å². The van der Waals surface area contributed by atoms with Crippen LogP contribution in [-0.4, -0.2) is 22.6 Å². The van der Waals surface area contributed by atoms with Crippen LogP contribution in [0.5, 0.6) is 0 Å². The maximum absolute atomic E-state index is 13.8. The fraction of sp³-hybridized carbons (Fsp3) is 0.464. The molecule has 1 aliphatic heterocycles. The third-order valence-electron chi connectivity index (χ3n) is 9.31. The van der Waals surface area contributed by atoms with Crippen molar-refractivity contribution in [2.24, 2.45) is 35.0 Å². The molecule has 4 aliphatic rings. The zero-order valence-electron chi connectivity index (χ0n) is 20.0. The van der Waals surface area contributed by atoms with Crippen LogP contribution in [0.15, 0.2) is 42.5 Å². The van der Waals surface area contributed by atoms with Crippen molar-refractivity contribution in [3.63, 3.8) is 0 Å². The number of alkyl halides is 2. The number of carbonyl (C=O) groups is 3. The van der Waals surface area contributed by atoms with Gasteiger partial charge in [0.2, 0.25) is 11.8 Å². The fourth-order valence-electron chi connectivity index (χ4n) is 7.53. The Balaban J connectivity index is 1.14. The Bertz CT molecular complexity index is 1260. The number of nitrogens with one attached hydrogen (secondary N) is 1. The normalized spacial score (nSPS) is 32.6. The molecule has 182 valence electrons. The van der Waals surface area contributed by atoms with E-state index in [1.165, 1.54) is 11.0 Å². The van der Waals surface area contributed by atoms with Gasteiger partial charge in [-0.25, -0.2) is 8.78 Å². The quantitative estimate of drug-likeness (QED) is 0.606. The number of anilines is 1. The number of rotatable bonds is 5. The van der Waals surface area contributed by atoms with Gasteiger partial charge in [-0.1, -0.05) is 25.1 Å². The number of benzene rings is 2. The first-order chi connectivity index (χ1) is 16.5. The van der Waals surface area contributed by atoms with Crippen molar-refractivity contribution in [2.45, 2.75) is 46.1 Å². The number of amides is 3. The van der Waals surface area contributed by atoms with Crippen molar-refractivity contribution in [2.75, 3.05) is 5.32 Å². The summed E-state index contributed by atoms with van der Waals surface area (Å²) in [7, 11) is 0. The Morgan fingerprint density at radius 1 is 1.11 bits per heavy atom. The Labute approximate surface area is 202 Å². The molecular formula is C28H28F2N2O3. The van der Waals surface area contributed by atoms with Crippen molar-refractivity contribution in [3.05, 3.63) is 64.7 Å². The summed E-state index contributed by atoms with van der Waals surface area (Å²) in [6.07, 6.45) is 2.21. The van der Waals surface area contributed by atoms with E-state index in [9.17, 15) is 23.2 Å². The molecule has 0 aromatic heterocycles. The van der Waals surface area contributed by atoms with Gasteiger partial charge < -0.3 is 5.32 Å². The van der Waals surface area contributed by atoms with Crippen LogP contribution in [0.2, 0.25) is 0 Å². The summed E-state index contributed by atoms with van der Waals surface area (Å²) < 4.78 is 27.6. The van der Waals surface area contributed by atoms with Crippen LogP contribution < -0.4 is 5.32 Å². The first kappa shape index (κ1) is 22.4. The second-order valence-corrected chi connectivity index (χ2v) is 11.0. The Morgan fingerprint density at radius 3 is 2.43 bits per heavy atom. The second-order valence-electron chi connectivity index (χ2n) is 11.0. The highest BCUT2D eigenvalue weighted by molar-refractivity contribution is 6.07. The van der Waals surface area contributed by atoms with Crippen molar-refractivity contribution in [3.8, 4) is 0 Å². The first-order valence-electron chi connectivity index (χ1n) is 12.3. The largest absolute Gasteiger partial charge is 0.322 e. The van der Waals surface area contributed by atoms with E-state index in [4.69, 9.17) is 0 Å². The monoisotopic (exact) mass is 478 g/mol. The van der Waals surface area contributed by atoms with E-state index in [1.807, 2.05) is 0 Å². The molecule has 7 heteroatoms. The van der Waals surface area contributed by atoms with E-state index in [1.54, 1.807) is 43.3 Å². The van der Waals surface area contributed by atoms with Gasteiger partial charge in [-0.2, -0.15) is 0 Å². The van der Waals surface area contributed by atoms with Gasteiger partial charge in [-0.05, 0) is 78.3 Å². The molecule has 2 aromatic rings. The lowest BCUT2D eigenvalue weighted by atomic mass is 9.65. The molecule has 3 aliphatic carbocycles. The molecular weight excluding hydrogens is 450 g/mol. The lowest BCUT2D eigenvalue weighted by Gasteiger charge is -2.39. The number of likely N-dealkylation sites (tertiary alicyclic amines) is 1. The number of carbonyl (C=O) groups excluding carboxylic acids is 3. The number of aryl methyl sites for hydroxylation is 1. The number of fused-ring (bicyclic) bond motifs is 3. The Hall–Kier alpha value is -3.09. The van der Waals surface area contributed by atoms with Crippen molar-refractivity contribution >= 4 is 23.4 Å². The lowest BCUT2D eigenvalue weighted by Crippen LogP contribution is -2.38. The smallest absolute Gasteiger partial charge is 0.270 e. The molecule has 1 saturated heterocycles. The van der Waals surface area contributed by atoms with Crippen LogP contribution >= 0.6 is 0 Å². The maximum atomic E-state index is 13.8. The Morgan fingerprint density at radius 2 is 1.80 bits per heavy atom. The van der Waals surface area contributed by atoms with Gasteiger partial charge in [0.05, 0.1) is 18.4 Å². The van der Waals surface area contributed by atoms with Crippen LogP contribution in [-0.2, 0) is 22.1 Å². The van der Waals surface area contributed by atoms with Gasteiger partial charge in [-0.15, -0.1) is 0 Å². The summed E-state index contributed by atoms with van der Waals surface area (Å²) in [5.74, 6) is -2.50. The molecule has 6 rings (SSSR count). The van der Waals surface area contributed by atoms with Gasteiger partial charge >= 0.3 is 0 Å². The molecule has 1 spiro atoms. The number of hydrogen-bond acceptors (Lipinski definition) is 3. The van der Waals surface area contributed by atoms with E-state index in [2.05, 4.69) is 12.2 Å². The standard InChI is InChI=1S/C28H28F2N2O3/c1-14-4-9-18(12-20(14)27(3,29)30)31-24(33)17-7-5-16(6-8-17)13-32-25(34)21-19-10-11-28(19)15(2)23(28)22(21)26(32)35/h4-9,12,15,19,21-23H,10-11,13H2,1-3H3,(H,31,33)/t15-,19?,21?,22?,23?,28?/m0/s1. The number of imide groups is 1. The third-order valence-corrected chi connectivity index (χ3v) is 9.31. The van der Waals surface area contributed by atoms with Crippen LogP contribution in [0, 0.1) is 41.9 Å². The highest BCUT2D eigenvalue weighted by Gasteiger charge is 2.83. The molecule has 35 heavy (non-hydrogen) atoms. The molecule has 4 fully saturated rings. The summed E-state index contributed by atoms with van der Waals surface area (Å²) in [5, 5.41) is 2.67. The van der Waals surface area contributed by atoms with Crippen LogP contribution in [0.3, 0.4) is 0 Å². The van der Waals surface area contributed by atoms with Crippen molar-refractivity contribution in [1.82, 2.24) is 4.90 Å². The van der Waals surface area contributed by atoms with Crippen LogP contribution in [0.4, 0.5) is 14.5 Å². The van der Waals surface area contributed by atoms with Crippen molar-refractivity contribution < 1.29 is 23.2 Å². The van der Waals surface area contributed by atoms with Gasteiger partial charge in [0.25, 0.3) is 11.8 Å². The minimum atomic E-state index is -3.01. The van der Waals surface area contributed by atoms with E-state index in [-0.39, 0.29) is 41.2 Å². The third kappa shape index (κ3) is 3.06. The molecule has 5 unspecified atom stereocenters. The van der Waals surface area contributed by atoms with Crippen molar-refractivity contribution in [1.29, 1.82) is 0 Å². The van der Waals surface area contributed by atoms with Crippen LogP contribution in [0.25, 0.3) is 0 Å². The summed E-state index contributed by atoms with van der Waals surface area (Å²) in [5.41, 5.74) is 2.02. The minimum absolute atomic E-state index is 0.0341. The van der Waals surface area contributed by atoms with E-state index in [0.717, 1.165) is 25.3 Å². The summed E-state index contributed by atoms with van der Waals surface area (Å²) in [6, 6.07) is 11.2. The maximum Gasteiger partial charge on any atom is 0.270 e. The van der Waals surface area contributed by atoms with Gasteiger partial charge in [0, 0.05) is 23.7 Å². The predicted molar refractivity (Wildman–Crippen MR) is 125 cm³/mol. The average Bonchev–Trinajstić information content (AvgIpc) is 3.28. The zero-order valence-corrected chi connectivity index (χ0v) is 20.0. The molecule has 0 bridgehead atoms. The molecule has 5 nitrogen and oxygen atoms in total. The summed E-state index contributed by atoms with van der Waals surface area (Å²) in [6.45, 7) is 4.87. The van der Waals surface area contributed by atoms with E-state index >= 15 is 0 Å². The number of hydrogen-bond donors (Lipinski definition) is 1. The number of halogens is 2.